The van der Waals surface area contributed by atoms with Gasteiger partial charge in [0.15, 0.2) is 0 Å². The summed E-state index contributed by atoms with van der Waals surface area (Å²) in [6.07, 6.45) is 1.64. The van der Waals surface area contributed by atoms with Crippen LogP contribution in [0.3, 0.4) is 0 Å². The van der Waals surface area contributed by atoms with Crippen LogP contribution < -0.4 is 10.6 Å². The molecule has 1 saturated heterocycles. The zero-order valence-electron chi connectivity index (χ0n) is 15.2. The van der Waals surface area contributed by atoms with E-state index in [2.05, 4.69) is 10.6 Å². The average molecular weight is 405 g/mol. The minimum Gasteiger partial charge on any atom is -0.324 e. The van der Waals surface area contributed by atoms with Gasteiger partial charge in [-0.05, 0) is 49.2 Å². The van der Waals surface area contributed by atoms with E-state index in [0.29, 0.717) is 13.1 Å². The lowest BCUT2D eigenvalue weighted by molar-refractivity contribution is -0.114. The summed E-state index contributed by atoms with van der Waals surface area (Å²) in [7, 11) is -3.64. The van der Waals surface area contributed by atoms with Gasteiger partial charge >= 0.3 is 0 Å². The van der Waals surface area contributed by atoms with Gasteiger partial charge in [-0.3, -0.25) is 9.59 Å². The number of nitrogens with zero attached hydrogens (tertiary/aromatic N) is 1. The molecular formula is C19H20FN3O4S. The van der Waals surface area contributed by atoms with Crippen molar-refractivity contribution in [3.05, 3.63) is 53.8 Å². The quantitative estimate of drug-likeness (QED) is 0.800. The Balaban J connectivity index is 1.81. The minimum absolute atomic E-state index is 0.0556. The van der Waals surface area contributed by atoms with Crippen LogP contribution in [0.1, 0.15) is 30.1 Å². The summed E-state index contributed by atoms with van der Waals surface area (Å²) in [6.45, 7) is 2.19. The number of hydrogen-bond acceptors (Lipinski definition) is 4. The molecule has 0 bridgehead atoms. The van der Waals surface area contributed by atoms with E-state index in [0.717, 1.165) is 18.9 Å². The van der Waals surface area contributed by atoms with Crippen LogP contribution in [-0.2, 0) is 14.8 Å². The Morgan fingerprint density at radius 1 is 1.04 bits per heavy atom. The number of sulfonamides is 1. The Hall–Kier alpha value is -2.78. The lowest BCUT2D eigenvalue weighted by Gasteiger charge is -2.16. The number of carbonyl (C=O) groups excluding carboxylic acids is 2. The lowest BCUT2D eigenvalue weighted by atomic mass is 10.2. The highest BCUT2D eigenvalue weighted by Gasteiger charge is 2.27. The zero-order chi connectivity index (χ0) is 20.3. The molecule has 7 nitrogen and oxygen atoms in total. The fourth-order valence-corrected chi connectivity index (χ4v) is 4.53. The van der Waals surface area contributed by atoms with E-state index >= 15 is 0 Å². The van der Waals surface area contributed by atoms with Gasteiger partial charge < -0.3 is 10.6 Å². The van der Waals surface area contributed by atoms with Crippen LogP contribution in [0.25, 0.3) is 0 Å². The number of carbonyl (C=O) groups is 2. The second-order valence-electron chi connectivity index (χ2n) is 6.47. The standard InChI is InChI=1S/C19H20FN3O4S/c1-13(24)21-18-12-15(7-8-17(18)20)22-19(25)14-5-4-6-16(11-14)28(26,27)23-9-2-3-10-23/h4-8,11-12H,2-3,9-10H2,1H3,(H,21,24)(H,22,25). The van der Waals surface area contributed by atoms with Crippen LogP contribution in [0.15, 0.2) is 47.4 Å². The number of amides is 2. The van der Waals surface area contributed by atoms with Crippen molar-refractivity contribution < 1.29 is 22.4 Å². The Bertz CT molecular complexity index is 1020. The molecule has 0 unspecified atom stereocenters. The van der Waals surface area contributed by atoms with Crippen molar-refractivity contribution in [1.82, 2.24) is 4.31 Å². The summed E-state index contributed by atoms with van der Waals surface area (Å²) >= 11 is 0. The fourth-order valence-electron chi connectivity index (χ4n) is 2.97. The molecule has 1 aliphatic rings. The first-order chi connectivity index (χ1) is 13.3. The molecule has 148 valence electrons. The first kappa shape index (κ1) is 20.0. The molecule has 0 saturated carbocycles. The maximum atomic E-state index is 13.7. The number of benzene rings is 2. The van der Waals surface area contributed by atoms with Crippen molar-refractivity contribution in [3.63, 3.8) is 0 Å². The van der Waals surface area contributed by atoms with Crippen molar-refractivity contribution >= 4 is 33.2 Å². The number of hydrogen-bond donors (Lipinski definition) is 2. The lowest BCUT2D eigenvalue weighted by Crippen LogP contribution is -2.28. The molecule has 0 atom stereocenters. The van der Waals surface area contributed by atoms with Crippen LogP contribution in [0.2, 0.25) is 0 Å². The van der Waals surface area contributed by atoms with Crippen molar-refractivity contribution in [1.29, 1.82) is 0 Å². The number of anilines is 2. The Labute approximate surface area is 162 Å². The molecule has 2 aromatic rings. The summed E-state index contributed by atoms with van der Waals surface area (Å²) in [6, 6.07) is 9.54. The second-order valence-corrected chi connectivity index (χ2v) is 8.41. The van der Waals surface area contributed by atoms with Crippen LogP contribution in [-0.4, -0.2) is 37.6 Å². The molecule has 1 aliphatic heterocycles. The maximum absolute atomic E-state index is 13.7. The highest BCUT2D eigenvalue weighted by molar-refractivity contribution is 7.89. The third-order valence-corrected chi connectivity index (χ3v) is 6.23. The van der Waals surface area contributed by atoms with E-state index in [1.54, 1.807) is 0 Å². The molecule has 28 heavy (non-hydrogen) atoms. The van der Waals surface area contributed by atoms with Gasteiger partial charge in [0.25, 0.3) is 5.91 Å². The van der Waals surface area contributed by atoms with Crippen molar-refractivity contribution in [2.45, 2.75) is 24.7 Å². The zero-order valence-corrected chi connectivity index (χ0v) is 16.1. The molecule has 0 spiro atoms. The van der Waals surface area contributed by atoms with E-state index in [4.69, 9.17) is 0 Å². The Kier molecular flexibility index (Phi) is 5.76. The van der Waals surface area contributed by atoms with Gasteiger partial charge in [0.05, 0.1) is 10.6 Å². The minimum atomic E-state index is -3.64. The summed E-state index contributed by atoms with van der Waals surface area (Å²) in [5, 5.41) is 4.92. The Morgan fingerprint density at radius 3 is 2.43 bits per heavy atom. The van der Waals surface area contributed by atoms with E-state index in [1.807, 2.05) is 0 Å². The van der Waals surface area contributed by atoms with Gasteiger partial charge in [-0.1, -0.05) is 6.07 Å². The molecule has 0 aliphatic carbocycles. The third kappa shape index (κ3) is 4.37. The SMILES string of the molecule is CC(=O)Nc1cc(NC(=O)c2cccc(S(=O)(=O)N3CCCC3)c2)ccc1F. The molecular weight excluding hydrogens is 385 g/mol. The highest BCUT2D eigenvalue weighted by atomic mass is 32.2. The van der Waals surface area contributed by atoms with Crippen LogP contribution >= 0.6 is 0 Å². The predicted molar refractivity (Wildman–Crippen MR) is 103 cm³/mol. The largest absolute Gasteiger partial charge is 0.324 e. The smallest absolute Gasteiger partial charge is 0.255 e. The monoisotopic (exact) mass is 405 g/mol. The topological polar surface area (TPSA) is 95.6 Å². The molecule has 0 aromatic heterocycles. The second kappa shape index (κ2) is 8.07. The van der Waals surface area contributed by atoms with Crippen LogP contribution in [0, 0.1) is 5.82 Å². The van der Waals surface area contributed by atoms with E-state index < -0.39 is 27.7 Å². The summed E-state index contributed by atoms with van der Waals surface area (Å²) < 4.78 is 40.5. The summed E-state index contributed by atoms with van der Waals surface area (Å²) in [5.74, 6) is -1.62. The molecule has 2 N–H and O–H groups in total. The first-order valence-corrected chi connectivity index (χ1v) is 10.2. The third-order valence-electron chi connectivity index (χ3n) is 4.33. The van der Waals surface area contributed by atoms with Crippen LogP contribution in [0.5, 0.6) is 0 Å². The highest BCUT2D eigenvalue weighted by Crippen LogP contribution is 2.23. The molecule has 9 heteroatoms. The Morgan fingerprint density at radius 2 is 1.75 bits per heavy atom. The van der Waals surface area contributed by atoms with E-state index in [-0.39, 0.29) is 21.8 Å². The van der Waals surface area contributed by atoms with Gasteiger partial charge in [-0.15, -0.1) is 0 Å². The van der Waals surface area contributed by atoms with E-state index in [1.165, 1.54) is 47.6 Å². The summed E-state index contributed by atoms with van der Waals surface area (Å²) in [5.41, 5.74) is 0.365. The fraction of sp³-hybridized carbons (Fsp3) is 0.263. The van der Waals surface area contributed by atoms with Crippen molar-refractivity contribution in [3.8, 4) is 0 Å². The average Bonchev–Trinajstić information content (AvgIpc) is 3.20. The molecule has 2 amide bonds. The summed E-state index contributed by atoms with van der Waals surface area (Å²) in [4.78, 5) is 23.7. The number of halogens is 1. The van der Waals surface area contributed by atoms with Gasteiger partial charge in [-0.25, -0.2) is 12.8 Å². The molecule has 2 aromatic carbocycles. The molecule has 0 radical (unpaired) electrons. The molecule has 1 heterocycles. The van der Waals surface area contributed by atoms with Gasteiger partial charge in [0.2, 0.25) is 15.9 Å². The predicted octanol–water partition coefficient (Wildman–Crippen LogP) is 2.82. The van der Waals surface area contributed by atoms with Gasteiger partial charge in [0, 0.05) is 31.3 Å². The molecule has 3 rings (SSSR count). The maximum Gasteiger partial charge on any atom is 0.255 e. The number of nitrogens with one attached hydrogen (secondary N) is 2. The molecule has 1 fully saturated rings. The van der Waals surface area contributed by atoms with Crippen molar-refractivity contribution in [2.24, 2.45) is 0 Å². The van der Waals surface area contributed by atoms with Gasteiger partial charge in [-0.2, -0.15) is 4.31 Å². The number of rotatable bonds is 5. The van der Waals surface area contributed by atoms with Crippen molar-refractivity contribution in [2.75, 3.05) is 23.7 Å². The van der Waals surface area contributed by atoms with Gasteiger partial charge in [0.1, 0.15) is 5.82 Å². The van der Waals surface area contributed by atoms with Crippen LogP contribution in [0.4, 0.5) is 15.8 Å². The normalized spacial score (nSPS) is 14.6. The van der Waals surface area contributed by atoms with E-state index in [9.17, 15) is 22.4 Å². The first-order valence-electron chi connectivity index (χ1n) is 8.76.